The van der Waals surface area contributed by atoms with Crippen molar-refractivity contribution in [1.82, 2.24) is 19.5 Å². The Morgan fingerprint density at radius 3 is 2.60 bits per heavy atom. The Morgan fingerprint density at radius 1 is 1.20 bits per heavy atom. The predicted molar refractivity (Wildman–Crippen MR) is 98.5 cm³/mol. The number of nitrogens with one attached hydrogen (secondary N) is 1. The van der Waals surface area contributed by atoms with Crippen LogP contribution < -0.4 is 10.2 Å². The van der Waals surface area contributed by atoms with Gasteiger partial charge < -0.3 is 15.1 Å². The summed E-state index contributed by atoms with van der Waals surface area (Å²) in [6.07, 6.45) is 5.28. The van der Waals surface area contributed by atoms with Gasteiger partial charge in [0.15, 0.2) is 5.13 Å². The lowest BCUT2D eigenvalue weighted by Crippen LogP contribution is -2.50. The molecule has 0 unspecified atom stereocenters. The Morgan fingerprint density at radius 2 is 1.96 bits per heavy atom. The number of carbonyl (C=O) groups is 1. The number of nitrogens with zero attached hydrogens (tertiary/aromatic N) is 4. The lowest BCUT2D eigenvalue weighted by atomic mass is 10.1. The molecular weight excluding hydrogens is 362 g/mol. The van der Waals surface area contributed by atoms with Crippen molar-refractivity contribution >= 4 is 32.5 Å². The summed E-state index contributed by atoms with van der Waals surface area (Å²) < 4.78 is 24.6. The molecule has 0 aromatic carbocycles. The predicted octanol–water partition coefficient (Wildman–Crippen LogP) is 0.789. The molecule has 140 valence electrons. The topological polar surface area (TPSA) is 85.8 Å². The molecule has 1 aromatic rings. The van der Waals surface area contributed by atoms with Crippen molar-refractivity contribution in [2.45, 2.75) is 25.3 Å². The second kappa shape index (κ2) is 7.88. The third kappa shape index (κ3) is 4.83. The second-order valence-corrected chi connectivity index (χ2v) is 9.38. The maximum absolute atomic E-state index is 12.5. The normalized spacial score (nSPS) is 21.2. The molecule has 3 rings (SSSR count). The van der Waals surface area contributed by atoms with E-state index < -0.39 is 10.0 Å². The van der Waals surface area contributed by atoms with Crippen molar-refractivity contribution in [3.05, 3.63) is 11.6 Å². The van der Waals surface area contributed by atoms with Crippen LogP contribution in [0.4, 0.5) is 9.93 Å². The van der Waals surface area contributed by atoms with Crippen molar-refractivity contribution < 1.29 is 13.2 Å². The van der Waals surface area contributed by atoms with E-state index in [2.05, 4.69) is 15.2 Å². The Kier molecular flexibility index (Phi) is 5.80. The van der Waals surface area contributed by atoms with Crippen LogP contribution in [-0.4, -0.2) is 80.2 Å². The van der Waals surface area contributed by atoms with E-state index in [0.29, 0.717) is 32.5 Å². The first-order chi connectivity index (χ1) is 11.9. The molecule has 2 aliphatic rings. The maximum atomic E-state index is 12.5. The molecule has 10 heteroatoms. The van der Waals surface area contributed by atoms with E-state index in [4.69, 9.17) is 0 Å². The molecule has 0 bridgehead atoms. The van der Waals surface area contributed by atoms with Gasteiger partial charge in [0.1, 0.15) is 0 Å². The van der Waals surface area contributed by atoms with Crippen molar-refractivity contribution in [2.75, 3.05) is 50.4 Å². The first-order valence-electron chi connectivity index (χ1n) is 8.58. The zero-order valence-corrected chi connectivity index (χ0v) is 16.1. The monoisotopic (exact) mass is 387 g/mol. The van der Waals surface area contributed by atoms with Gasteiger partial charge in [-0.05, 0) is 19.3 Å². The highest BCUT2D eigenvalue weighted by Crippen LogP contribution is 2.19. The number of piperidine rings is 1. The standard InChI is InChI=1S/C15H25N5O3S2/c1-25(22,23)20-8-3-13(4-9-20)17-14(21)18-6-2-7-19(11-10-18)15-16-5-12-24-15/h5,12-13H,2-4,6-11H2,1H3,(H,17,21). The number of rotatable bonds is 3. The van der Waals surface area contributed by atoms with E-state index in [-0.39, 0.29) is 12.1 Å². The molecule has 0 saturated carbocycles. The molecule has 3 heterocycles. The number of hydrogen-bond donors (Lipinski definition) is 1. The second-order valence-electron chi connectivity index (χ2n) is 6.53. The third-order valence-corrected chi connectivity index (χ3v) is 6.86. The number of anilines is 1. The largest absolute Gasteiger partial charge is 0.346 e. The fraction of sp³-hybridized carbons (Fsp3) is 0.733. The molecule has 2 aliphatic heterocycles. The highest BCUT2D eigenvalue weighted by atomic mass is 32.2. The van der Waals surface area contributed by atoms with Gasteiger partial charge in [-0.1, -0.05) is 0 Å². The Labute approximate surface area is 152 Å². The number of hydrogen-bond acceptors (Lipinski definition) is 6. The van der Waals surface area contributed by atoms with Gasteiger partial charge >= 0.3 is 6.03 Å². The van der Waals surface area contributed by atoms with Crippen LogP contribution in [-0.2, 0) is 10.0 Å². The molecule has 25 heavy (non-hydrogen) atoms. The first kappa shape index (κ1) is 18.4. The number of amides is 2. The summed E-state index contributed by atoms with van der Waals surface area (Å²) in [7, 11) is -3.13. The molecule has 1 aromatic heterocycles. The summed E-state index contributed by atoms with van der Waals surface area (Å²) in [5, 5.41) is 6.05. The number of sulfonamides is 1. The fourth-order valence-electron chi connectivity index (χ4n) is 3.28. The van der Waals surface area contributed by atoms with Crippen LogP contribution in [0.5, 0.6) is 0 Å². The molecule has 2 fully saturated rings. The van der Waals surface area contributed by atoms with Crippen LogP contribution in [0.25, 0.3) is 0 Å². The van der Waals surface area contributed by atoms with E-state index in [1.807, 2.05) is 10.3 Å². The molecule has 0 spiro atoms. The minimum Gasteiger partial charge on any atom is -0.346 e. The van der Waals surface area contributed by atoms with Crippen LogP contribution in [0, 0.1) is 0 Å². The molecule has 0 radical (unpaired) electrons. The molecule has 0 aliphatic carbocycles. The number of carbonyl (C=O) groups excluding carboxylic acids is 1. The Bertz CT molecular complexity index is 671. The number of aromatic nitrogens is 1. The lowest BCUT2D eigenvalue weighted by Gasteiger charge is -2.32. The van der Waals surface area contributed by atoms with Gasteiger partial charge in [-0.15, -0.1) is 11.3 Å². The smallest absolute Gasteiger partial charge is 0.317 e. The lowest BCUT2D eigenvalue weighted by molar-refractivity contribution is 0.190. The van der Waals surface area contributed by atoms with Crippen molar-refractivity contribution in [3.63, 3.8) is 0 Å². The van der Waals surface area contributed by atoms with Crippen LogP contribution in [0.2, 0.25) is 0 Å². The van der Waals surface area contributed by atoms with Crippen LogP contribution >= 0.6 is 11.3 Å². The van der Waals surface area contributed by atoms with Crippen molar-refractivity contribution in [1.29, 1.82) is 0 Å². The van der Waals surface area contributed by atoms with E-state index >= 15 is 0 Å². The van der Waals surface area contributed by atoms with Crippen LogP contribution in [0.15, 0.2) is 11.6 Å². The van der Waals surface area contributed by atoms with Crippen LogP contribution in [0.1, 0.15) is 19.3 Å². The molecule has 8 nitrogen and oxygen atoms in total. The van der Waals surface area contributed by atoms with Gasteiger partial charge in [0, 0.05) is 56.9 Å². The van der Waals surface area contributed by atoms with E-state index in [1.165, 1.54) is 10.6 Å². The van der Waals surface area contributed by atoms with Gasteiger partial charge in [-0.3, -0.25) is 0 Å². The fourth-order valence-corrected chi connectivity index (χ4v) is 4.85. The summed E-state index contributed by atoms with van der Waals surface area (Å²) in [5.41, 5.74) is 0. The minimum absolute atomic E-state index is 0.0428. The highest BCUT2D eigenvalue weighted by molar-refractivity contribution is 7.88. The molecular formula is C15H25N5O3S2. The zero-order chi connectivity index (χ0) is 17.9. The Hall–Kier alpha value is -1.39. The zero-order valence-electron chi connectivity index (χ0n) is 14.4. The SMILES string of the molecule is CS(=O)(=O)N1CCC(NC(=O)N2CCCN(c3nccs3)CC2)CC1. The summed E-state index contributed by atoms with van der Waals surface area (Å²) in [4.78, 5) is 21.0. The van der Waals surface area contributed by atoms with E-state index in [0.717, 1.165) is 31.2 Å². The average molecular weight is 388 g/mol. The summed E-state index contributed by atoms with van der Waals surface area (Å²) in [6, 6.07) is 0.00242. The first-order valence-corrected chi connectivity index (χ1v) is 11.3. The third-order valence-electron chi connectivity index (χ3n) is 4.72. The van der Waals surface area contributed by atoms with E-state index in [9.17, 15) is 13.2 Å². The molecule has 0 atom stereocenters. The summed E-state index contributed by atoms with van der Waals surface area (Å²) in [6.45, 7) is 4.05. The molecule has 2 amide bonds. The van der Waals surface area contributed by atoms with Gasteiger partial charge in [0.05, 0.1) is 6.26 Å². The number of urea groups is 1. The maximum Gasteiger partial charge on any atom is 0.317 e. The van der Waals surface area contributed by atoms with Crippen molar-refractivity contribution in [3.8, 4) is 0 Å². The van der Waals surface area contributed by atoms with Crippen LogP contribution in [0.3, 0.4) is 0 Å². The summed E-state index contributed by atoms with van der Waals surface area (Å²) in [5.74, 6) is 0. The van der Waals surface area contributed by atoms with Gasteiger partial charge in [-0.25, -0.2) is 22.5 Å². The van der Waals surface area contributed by atoms with Crippen molar-refractivity contribution in [2.24, 2.45) is 0 Å². The highest BCUT2D eigenvalue weighted by Gasteiger charge is 2.27. The number of thiazole rings is 1. The Balaban J connectivity index is 1.47. The van der Waals surface area contributed by atoms with Gasteiger partial charge in [-0.2, -0.15) is 0 Å². The quantitative estimate of drug-likeness (QED) is 0.829. The van der Waals surface area contributed by atoms with Gasteiger partial charge in [0.25, 0.3) is 0 Å². The van der Waals surface area contributed by atoms with E-state index in [1.54, 1.807) is 17.5 Å². The summed E-state index contributed by atoms with van der Waals surface area (Å²) >= 11 is 1.62. The molecule has 2 saturated heterocycles. The van der Waals surface area contributed by atoms with Gasteiger partial charge in [0.2, 0.25) is 10.0 Å². The average Bonchev–Trinajstić information content (AvgIpc) is 2.99. The molecule has 1 N–H and O–H groups in total. The minimum atomic E-state index is -3.13.